The Balaban J connectivity index is 1.85. The Kier molecular flexibility index (Phi) is 7.01. The van der Waals surface area contributed by atoms with Crippen LogP contribution >= 0.6 is 15.9 Å². The molecule has 132 valence electrons. The van der Waals surface area contributed by atoms with Crippen molar-refractivity contribution in [1.29, 1.82) is 0 Å². The zero-order valence-corrected chi connectivity index (χ0v) is 16.0. The van der Waals surface area contributed by atoms with Crippen molar-refractivity contribution in [2.75, 3.05) is 13.7 Å². The van der Waals surface area contributed by atoms with E-state index >= 15 is 0 Å². The molecule has 0 unspecified atom stereocenters. The van der Waals surface area contributed by atoms with Crippen LogP contribution in [0.5, 0.6) is 11.5 Å². The summed E-state index contributed by atoms with van der Waals surface area (Å²) in [5.74, 6) is 1.45. The van der Waals surface area contributed by atoms with Gasteiger partial charge >= 0.3 is 0 Å². The molecular weight excluding hydrogens is 384 g/mol. The van der Waals surface area contributed by atoms with E-state index in [0.29, 0.717) is 11.7 Å². The van der Waals surface area contributed by atoms with Gasteiger partial charge in [-0.3, -0.25) is 4.79 Å². The van der Waals surface area contributed by atoms with Crippen LogP contribution in [0.2, 0.25) is 0 Å². The second kappa shape index (κ2) is 9.22. The first-order valence-electron chi connectivity index (χ1n) is 7.88. The Morgan fingerprint density at radius 2 is 2.08 bits per heavy atom. The van der Waals surface area contributed by atoms with E-state index in [1.807, 2.05) is 42.5 Å². The van der Waals surface area contributed by atoms with E-state index in [1.54, 1.807) is 13.3 Å². The van der Waals surface area contributed by atoms with Crippen LogP contribution in [-0.2, 0) is 4.79 Å². The van der Waals surface area contributed by atoms with Crippen LogP contribution in [0.15, 0.2) is 52.0 Å². The monoisotopic (exact) mass is 404 g/mol. The van der Waals surface area contributed by atoms with Crippen LogP contribution in [0.1, 0.15) is 30.9 Å². The molecule has 0 radical (unpaired) electrons. The van der Waals surface area contributed by atoms with Crippen molar-refractivity contribution >= 4 is 28.1 Å². The molecule has 0 spiro atoms. The number of nitrogens with zero attached hydrogens (tertiary/aromatic N) is 1. The average molecular weight is 405 g/mol. The van der Waals surface area contributed by atoms with Crippen LogP contribution in [0.3, 0.4) is 0 Å². The third-order valence-corrected chi connectivity index (χ3v) is 4.10. The number of halogens is 1. The highest BCUT2D eigenvalue weighted by Crippen LogP contribution is 2.28. The van der Waals surface area contributed by atoms with E-state index < -0.39 is 0 Å². The van der Waals surface area contributed by atoms with E-state index in [-0.39, 0.29) is 12.5 Å². The number of hydrogen-bond acceptors (Lipinski definition) is 4. The number of hydrazone groups is 1. The Hall–Kier alpha value is -2.34. The van der Waals surface area contributed by atoms with E-state index in [0.717, 1.165) is 15.8 Å². The number of ether oxygens (including phenoxy) is 2. The molecule has 1 amide bonds. The predicted octanol–water partition coefficient (Wildman–Crippen LogP) is 4.11. The molecule has 2 rings (SSSR count). The fourth-order valence-corrected chi connectivity index (χ4v) is 2.58. The van der Waals surface area contributed by atoms with Crippen molar-refractivity contribution in [2.45, 2.75) is 19.8 Å². The van der Waals surface area contributed by atoms with Gasteiger partial charge < -0.3 is 9.47 Å². The number of methoxy groups -OCH3 is 1. The van der Waals surface area contributed by atoms with Crippen molar-refractivity contribution in [3.05, 3.63) is 58.1 Å². The molecular formula is C19H21BrN2O3. The summed E-state index contributed by atoms with van der Waals surface area (Å²) in [6.45, 7) is 4.13. The maximum atomic E-state index is 11.8. The average Bonchev–Trinajstić information content (AvgIpc) is 2.60. The number of hydrogen-bond donors (Lipinski definition) is 1. The Morgan fingerprint density at radius 1 is 1.28 bits per heavy atom. The third kappa shape index (κ3) is 5.90. The lowest BCUT2D eigenvalue weighted by molar-refractivity contribution is -0.123. The molecule has 0 bridgehead atoms. The van der Waals surface area contributed by atoms with Gasteiger partial charge in [0, 0.05) is 0 Å². The highest BCUT2D eigenvalue weighted by Gasteiger charge is 2.07. The molecule has 0 saturated carbocycles. The summed E-state index contributed by atoms with van der Waals surface area (Å²) in [6.07, 6.45) is 1.55. The van der Waals surface area contributed by atoms with Gasteiger partial charge in [-0.1, -0.05) is 32.0 Å². The Labute approximate surface area is 156 Å². The van der Waals surface area contributed by atoms with E-state index in [4.69, 9.17) is 9.47 Å². The van der Waals surface area contributed by atoms with Gasteiger partial charge in [0.25, 0.3) is 5.91 Å². The number of carbonyl (C=O) groups excluding carboxylic acids is 1. The van der Waals surface area contributed by atoms with E-state index in [1.165, 1.54) is 5.56 Å². The normalized spacial score (nSPS) is 10.9. The minimum absolute atomic E-state index is 0.116. The van der Waals surface area contributed by atoms with Gasteiger partial charge in [-0.15, -0.1) is 0 Å². The minimum Gasteiger partial charge on any atom is -0.497 e. The summed E-state index contributed by atoms with van der Waals surface area (Å²) in [5, 5.41) is 3.92. The molecule has 0 atom stereocenters. The predicted molar refractivity (Wildman–Crippen MR) is 102 cm³/mol. The zero-order valence-electron chi connectivity index (χ0n) is 14.5. The smallest absolute Gasteiger partial charge is 0.277 e. The zero-order chi connectivity index (χ0) is 18.2. The second-order valence-corrected chi connectivity index (χ2v) is 6.56. The van der Waals surface area contributed by atoms with Crippen molar-refractivity contribution in [3.63, 3.8) is 0 Å². The molecule has 0 aliphatic heterocycles. The van der Waals surface area contributed by atoms with Crippen LogP contribution < -0.4 is 14.9 Å². The summed E-state index contributed by atoms with van der Waals surface area (Å²) in [6, 6.07) is 13.2. The molecule has 0 aliphatic carbocycles. The first-order chi connectivity index (χ1) is 12.0. The van der Waals surface area contributed by atoms with Crippen LogP contribution in [0.4, 0.5) is 0 Å². The van der Waals surface area contributed by atoms with Crippen molar-refractivity contribution in [1.82, 2.24) is 5.43 Å². The SMILES string of the molecule is COc1cccc(/C=N/NC(=O)COc2ccc(C(C)C)cc2Br)c1. The first-order valence-corrected chi connectivity index (χ1v) is 8.67. The molecule has 6 heteroatoms. The molecule has 2 aromatic carbocycles. The summed E-state index contributed by atoms with van der Waals surface area (Å²) in [4.78, 5) is 11.8. The fourth-order valence-electron chi connectivity index (χ4n) is 2.07. The molecule has 25 heavy (non-hydrogen) atoms. The molecule has 1 N–H and O–H groups in total. The highest BCUT2D eigenvalue weighted by atomic mass is 79.9. The number of rotatable bonds is 7. The van der Waals surface area contributed by atoms with Gasteiger partial charge in [0.05, 0.1) is 17.8 Å². The van der Waals surface area contributed by atoms with Crippen molar-refractivity contribution in [2.24, 2.45) is 5.10 Å². The largest absolute Gasteiger partial charge is 0.497 e. The molecule has 0 fully saturated rings. The lowest BCUT2D eigenvalue weighted by Gasteiger charge is -2.10. The molecule has 0 saturated heterocycles. The minimum atomic E-state index is -0.334. The summed E-state index contributed by atoms with van der Waals surface area (Å²) in [5.41, 5.74) is 4.46. The number of benzene rings is 2. The summed E-state index contributed by atoms with van der Waals surface area (Å²) >= 11 is 3.46. The molecule has 0 aliphatic rings. The van der Waals surface area contributed by atoms with Gasteiger partial charge in [-0.05, 0) is 57.2 Å². The van der Waals surface area contributed by atoms with Crippen LogP contribution in [0, 0.1) is 0 Å². The molecule has 5 nitrogen and oxygen atoms in total. The van der Waals surface area contributed by atoms with Crippen molar-refractivity contribution < 1.29 is 14.3 Å². The number of amides is 1. The summed E-state index contributed by atoms with van der Waals surface area (Å²) in [7, 11) is 1.60. The quantitative estimate of drug-likeness (QED) is 0.557. The standard InChI is InChI=1S/C19H21BrN2O3/c1-13(2)15-7-8-18(17(20)10-15)25-12-19(23)22-21-11-14-5-4-6-16(9-14)24-3/h4-11,13H,12H2,1-3H3,(H,22,23)/b21-11+. The molecule has 2 aromatic rings. The van der Waals surface area contributed by atoms with Gasteiger partial charge in [-0.25, -0.2) is 5.43 Å². The number of carbonyl (C=O) groups is 1. The maximum Gasteiger partial charge on any atom is 0.277 e. The topological polar surface area (TPSA) is 59.9 Å². The molecule has 0 heterocycles. The van der Waals surface area contributed by atoms with Crippen LogP contribution in [0.25, 0.3) is 0 Å². The Morgan fingerprint density at radius 3 is 2.76 bits per heavy atom. The van der Waals surface area contributed by atoms with Crippen molar-refractivity contribution in [3.8, 4) is 11.5 Å². The van der Waals surface area contributed by atoms with Gasteiger partial charge in [-0.2, -0.15) is 5.10 Å². The third-order valence-electron chi connectivity index (χ3n) is 3.48. The summed E-state index contributed by atoms with van der Waals surface area (Å²) < 4.78 is 11.5. The highest BCUT2D eigenvalue weighted by molar-refractivity contribution is 9.10. The number of nitrogens with one attached hydrogen (secondary N) is 1. The van der Waals surface area contributed by atoms with Gasteiger partial charge in [0.2, 0.25) is 0 Å². The van der Waals surface area contributed by atoms with E-state index in [2.05, 4.69) is 40.3 Å². The van der Waals surface area contributed by atoms with Gasteiger partial charge in [0.15, 0.2) is 6.61 Å². The fraction of sp³-hybridized carbons (Fsp3) is 0.263. The lowest BCUT2D eigenvalue weighted by atomic mass is 10.0. The maximum absolute atomic E-state index is 11.8. The lowest BCUT2D eigenvalue weighted by Crippen LogP contribution is -2.24. The van der Waals surface area contributed by atoms with Crippen LogP contribution in [-0.4, -0.2) is 25.8 Å². The Bertz CT molecular complexity index is 760. The van der Waals surface area contributed by atoms with E-state index in [9.17, 15) is 4.79 Å². The first kappa shape index (κ1) is 19.0. The van der Waals surface area contributed by atoms with Gasteiger partial charge in [0.1, 0.15) is 11.5 Å². The molecule has 0 aromatic heterocycles. The second-order valence-electron chi connectivity index (χ2n) is 5.70.